The van der Waals surface area contributed by atoms with Crippen LogP contribution in [0.25, 0.3) is 0 Å². The molecule has 19 heavy (non-hydrogen) atoms. The maximum atomic E-state index is 11.5. The first-order valence-corrected chi connectivity index (χ1v) is 6.52. The second-order valence-corrected chi connectivity index (χ2v) is 4.76. The van der Waals surface area contributed by atoms with Gasteiger partial charge in [-0.1, -0.05) is 6.92 Å². The fourth-order valence-electron chi connectivity index (χ4n) is 1.83. The molecule has 1 unspecified atom stereocenters. The highest BCUT2D eigenvalue weighted by atomic mass is 16.4. The number of unbranched alkanes of at least 4 members (excludes halogenated alkanes) is 1. The molecule has 1 aromatic heterocycles. The fourth-order valence-corrected chi connectivity index (χ4v) is 1.83. The average molecular weight is 267 g/mol. The highest BCUT2D eigenvalue weighted by Crippen LogP contribution is 2.06. The summed E-state index contributed by atoms with van der Waals surface area (Å²) in [5, 5.41) is 11.4. The van der Waals surface area contributed by atoms with E-state index in [1.165, 1.54) is 0 Å². The van der Waals surface area contributed by atoms with Gasteiger partial charge in [-0.25, -0.2) is 4.98 Å². The van der Waals surface area contributed by atoms with Crippen molar-refractivity contribution in [1.82, 2.24) is 14.9 Å². The number of nitrogens with zero attached hydrogens (tertiary/aromatic N) is 2. The molecule has 106 valence electrons. The van der Waals surface area contributed by atoms with Crippen molar-refractivity contribution in [3.05, 3.63) is 18.7 Å². The normalized spacial score (nSPS) is 12.1. The monoisotopic (exact) mass is 267 g/mol. The van der Waals surface area contributed by atoms with E-state index in [9.17, 15) is 9.59 Å². The number of aliphatic carboxylic acids is 1. The van der Waals surface area contributed by atoms with Gasteiger partial charge in [0, 0.05) is 38.3 Å². The molecule has 0 fully saturated rings. The van der Waals surface area contributed by atoms with Gasteiger partial charge in [-0.05, 0) is 18.8 Å². The summed E-state index contributed by atoms with van der Waals surface area (Å²) in [6, 6.07) is 0. The number of imidazole rings is 1. The number of rotatable bonds is 9. The first kappa shape index (κ1) is 15.2. The Labute approximate surface area is 112 Å². The number of amides is 1. The van der Waals surface area contributed by atoms with Crippen molar-refractivity contribution in [1.29, 1.82) is 0 Å². The van der Waals surface area contributed by atoms with E-state index in [0.29, 0.717) is 6.54 Å². The van der Waals surface area contributed by atoms with Gasteiger partial charge in [-0.3, -0.25) is 9.59 Å². The summed E-state index contributed by atoms with van der Waals surface area (Å²) in [6.45, 7) is 3.30. The number of carboxylic acids is 1. The van der Waals surface area contributed by atoms with Gasteiger partial charge in [0.1, 0.15) is 0 Å². The van der Waals surface area contributed by atoms with Crippen LogP contribution in [0.3, 0.4) is 0 Å². The van der Waals surface area contributed by atoms with Crippen molar-refractivity contribution in [3.63, 3.8) is 0 Å². The van der Waals surface area contributed by atoms with E-state index in [-0.39, 0.29) is 24.7 Å². The lowest BCUT2D eigenvalue weighted by atomic mass is 10.0. The molecule has 0 radical (unpaired) electrons. The lowest BCUT2D eigenvalue weighted by Crippen LogP contribution is -2.26. The van der Waals surface area contributed by atoms with E-state index in [2.05, 4.69) is 10.3 Å². The molecule has 0 saturated carbocycles. The average Bonchev–Trinajstić information content (AvgIpc) is 2.80. The zero-order chi connectivity index (χ0) is 14.1. The van der Waals surface area contributed by atoms with Crippen LogP contribution in [0.4, 0.5) is 0 Å². The molecule has 0 aliphatic rings. The van der Waals surface area contributed by atoms with Crippen molar-refractivity contribution in [2.45, 2.75) is 39.2 Å². The van der Waals surface area contributed by atoms with Crippen molar-refractivity contribution in [2.75, 3.05) is 6.54 Å². The molecule has 1 atom stereocenters. The van der Waals surface area contributed by atoms with Crippen molar-refractivity contribution >= 4 is 11.9 Å². The Hall–Kier alpha value is -1.85. The summed E-state index contributed by atoms with van der Waals surface area (Å²) < 4.78 is 2.00. The van der Waals surface area contributed by atoms with Crippen molar-refractivity contribution in [3.8, 4) is 0 Å². The van der Waals surface area contributed by atoms with E-state index in [1.807, 2.05) is 10.8 Å². The van der Waals surface area contributed by atoms with Crippen LogP contribution in [0.5, 0.6) is 0 Å². The Balaban J connectivity index is 2.02. The van der Waals surface area contributed by atoms with Crippen LogP contribution in [0.1, 0.15) is 32.6 Å². The van der Waals surface area contributed by atoms with Crippen LogP contribution in [0, 0.1) is 5.92 Å². The molecule has 0 bridgehead atoms. The molecule has 0 saturated heterocycles. The molecule has 6 heteroatoms. The summed E-state index contributed by atoms with van der Waals surface area (Å²) in [6.07, 6.45) is 7.60. The van der Waals surface area contributed by atoms with Crippen LogP contribution in [0.15, 0.2) is 18.7 Å². The zero-order valence-electron chi connectivity index (χ0n) is 11.2. The minimum Gasteiger partial charge on any atom is -0.481 e. The van der Waals surface area contributed by atoms with Crippen LogP contribution >= 0.6 is 0 Å². The Morgan fingerprint density at radius 3 is 2.79 bits per heavy atom. The molecule has 2 N–H and O–H groups in total. The molecule has 1 rings (SSSR count). The third-order valence-corrected chi connectivity index (χ3v) is 2.78. The van der Waals surface area contributed by atoms with Gasteiger partial charge in [-0.15, -0.1) is 0 Å². The second-order valence-electron chi connectivity index (χ2n) is 4.76. The smallest absolute Gasteiger partial charge is 0.303 e. The predicted molar refractivity (Wildman–Crippen MR) is 70.5 cm³/mol. The van der Waals surface area contributed by atoms with Gasteiger partial charge in [-0.2, -0.15) is 0 Å². The molecule has 0 aromatic carbocycles. The Kier molecular flexibility index (Phi) is 6.63. The molecule has 1 heterocycles. The van der Waals surface area contributed by atoms with E-state index in [4.69, 9.17) is 5.11 Å². The van der Waals surface area contributed by atoms with Crippen molar-refractivity contribution < 1.29 is 14.7 Å². The first-order chi connectivity index (χ1) is 9.08. The number of hydrogen-bond donors (Lipinski definition) is 2. The Bertz CT molecular complexity index is 390. The number of carbonyl (C=O) groups excluding carboxylic acids is 1. The summed E-state index contributed by atoms with van der Waals surface area (Å²) in [5.74, 6) is -1.06. The molecular formula is C13H21N3O3. The van der Waals surface area contributed by atoms with Gasteiger partial charge in [0.2, 0.25) is 5.91 Å². The van der Waals surface area contributed by atoms with E-state index in [0.717, 1.165) is 19.4 Å². The molecule has 0 spiro atoms. The van der Waals surface area contributed by atoms with Crippen LogP contribution < -0.4 is 5.32 Å². The quantitative estimate of drug-likeness (QED) is 0.660. The lowest BCUT2D eigenvalue weighted by Gasteiger charge is -2.09. The highest BCUT2D eigenvalue weighted by molar-refractivity contribution is 5.77. The summed E-state index contributed by atoms with van der Waals surface area (Å²) in [4.78, 5) is 25.9. The minimum absolute atomic E-state index is 0.0358. The number of hydrogen-bond acceptors (Lipinski definition) is 3. The minimum atomic E-state index is -0.861. The second kappa shape index (κ2) is 8.29. The molecule has 0 aliphatic carbocycles. The lowest BCUT2D eigenvalue weighted by molar-refractivity contribution is -0.138. The fraction of sp³-hybridized carbons (Fsp3) is 0.615. The SMILES string of the molecule is CC(CC(=O)O)CC(=O)NCCCCn1ccnc1. The van der Waals surface area contributed by atoms with E-state index >= 15 is 0 Å². The van der Waals surface area contributed by atoms with Gasteiger partial charge >= 0.3 is 5.97 Å². The molecule has 6 nitrogen and oxygen atoms in total. The molecule has 1 aromatic rings. The third-order valence-electron chi connectivity index (χ3n) is 2.78. The topological polar surface area (TPSA) is 84.2 Å². The summed E-state index contributed by atoms with van der Waals surface area (Å²) >= 11 is 0. The first-order valence-electron chi connectivity index (χ1n) is 6.52. The zero-order valence-corrected chi connectivity index (χ0v) is 11.2. The molecular weight excluding hydrogens is 246 g/mol. The largest absolute Gasteiger partial charge is 0.481 e. The number of aromatic nitrogens is 2. The number of carbonyl (C=O) groups is 2. The Morgan fingerprint density at radius 1 is 1.37 bits per heavy atom. The van der Waals surface area contributed by atoms with Crippen molar-refractivity contribution in [2.24, 2.45) is 5.92 Å². The van der Waals surface area contributed by atoms with Crippen LogP contribution in [-0.2, 0) is 16.1 Å². The van der Waals surface area contributed by atoms with E-state index < -0.39 is 5.97 Å². The number of aryl methyl sites for hydroxylation is 1. The third kappa shape index (κ3) is 7.23. The van der Waals surface area contributed by atoms with Crippen LogP contribution in [-0.4, -0.2) is 33.1 Å². The summed E-state index contributed by atoms with van der Waals surface area (Å²) in [5.41, 5.74) is 0. The predicted octanol–water partition coefficient (Wildman–Crippen LogP) is 1.28. The molecule has 0 aliphatic heterocycles. The maximum Gasteiger partial charge on any atom is 0.303 e. The highest BCUT2D eigenvalue weighted by Gasteiger charge is 2.11. The number of carboxylic acid groups (broad SMARTS) is 1. The maximum absolute atomic E-state index is 11.5. The molecule has 1 amide bonds. The van der Waals surface area contributed by atoms with Gasteiger partial charge < -0.3 is 15.0 Å². The van der Waals surface area contributed by atoms with Crippen LogP contribution in [0.2, 0.25) is 0 Å². The van der Waals surface area contributed by atoms with Gasteiger partial charge in [0.15, 0.2) is 0 Å². The van der Waals surface area contributed by atoms with E-state index in [1.54, 1.807) is 19.4 Å². The Morgan fingerprint density at radius 2 is 2.16 bits per heavy atom. The number of nitrogens with one attached hydrogen (secondary N) is 1. The standard InChI is InChI=1S/C13H21N3O3/c1-11(9-13(18)19)8-12(17)15-4-2-3-6-16-7-5-14-10-16/h5,7,10-11H,2-4,6,8-9H2,1H3,(H,15,17)(H,18,19). The van der Waals surface area contributed by atoms with Gasteiger partial charge in [0.05, 0.1) is 6.33 Å². The summed E-state index contributed by atoms with van der Waals surface area (Å²) in [7, 11) is 0. The van der Waals surface area contributed by atoms with Gasteiger partial charge in [0.25, 0.3) is 0 Å².